The lowest BCUT2D eigenvalue weighted by atomic mass is 9.94. The second-order valence-electron chi connectivity index (χ2n) is 10.8. The first-order valence-electron chi connectivity index (χ1n) is 14.4. The Labute approximate surface area is 236 Å². The number of fused-ring (bicyclic) bond motifs is 1. The number of hydrogen-bond acceptors (Lipinski definition) is 2. The summed E-state index contributed by atoms with van der Waals surface area (Å²) in [6, 6.07) is 29.9. The summed E-state index contributed by atoms with van der Waals surface area (Å²) in [5.41, 5.74) is 2.90. The van der Waals surface area contributed by atoms with Gasteiger partial charge in [0.25, 0.3) is 0 Å². The van der Waals surface area contributed by atoms with E-state index in [1.807, 2.05) is 48.5 Å². The van der Waals surface area contributed by atoms with Crippen molar-refractivity contribution in [1.29, 1.82) is 0 Å². The highest BCUT2D eigenvalue weighted by atomic mass is 19.1. The van der Waals surface area contributed by atoms with Crippen LogP contribution in [-0.2, 0) is 29.0 Å². The Morgan fingerprint density at radius 2 is 1.50 bits per heavy atom. The molecule has 4 aromatic rings. The minimum absolute atomic E-state index is 0.0861. The molecule has 0 bridgehead atoms. The Kier molecular flexibility index (Phi) is 9.22. The van der Waals surface area contributed by atoms with Crippen molar-refractivity contribution in [3.05, 3.63) is 120 Å². The molecule has 0 spiro atoms. The lowest BCUT2D eigenvalue weighted by Gasteiger charge is -2.33. The number of carbonyl (C=O) groups is 2. The molecule has 1 N–H and O–H groups in total. The smallest absolute Gasteiger partial charge is 0.243 e. The van der Waals surface area contributed by atoms with Crippen LogP contribution in [0.15, 0.2) is 97.1 Å². The van der Waals surface area contributed by atoms with Crippen molar-refractivity contribution in [2.75, 3.05) is 0 Å². The van der Waals surface area contributed by atoms with Crippen molar-refractivity contribution in [2.24, 2.45) is 0 Å². The summed E-state index contributed by atoms with van der Waals surface area (Å²) in [6.07, 6.45) is 6.62. The Morgan fingerprint density at radius 1 is 0.800 bits per heavy atom. The highest BCUT2D eigenvalue weighted by Gasteiger charge is 2.31. The molecule has 1 saturated carbocycles. The van der Waals surface area contributed by atoms with Crippen LogP contribution >= 0.6 is 0 Å². The summed E-state index contributed by atoms with van der Waals surface area (Å²) in [6.45, 7) is 0.240. The van der Waals surface area contributed by atoms with Crippen LogP contribution in [0, 0.1) is 5.82 Å². The molecule has 0 heterocycles. The van der Waals surface area contributed by atoms with E-state index < -0.39 is 6.04 Å². The van der Waals surface area contributed by atoms with Crippen molar-refractivity contribution in [1.82, 2.24) is 10.2 Å². The minimum atomic E-state index is -0.672. The van der Waals surface area contributed by atoms with E-state index in [0.717, 1.165) is 53.1 Å². The Morgan fingerprint density at radius 3 is 2.27 bits per heavy atom. The summed E-state index contributed by atoms with van der Waals surface area (Å²) in [7, 11) is 0. The minimum Gasteiger partial charge on any atom is -0.352 e. The van der Waals surface area contributed by atoms with Crippen molar-refractivity contribution < 1.29 is 14.0 Å². The lowest BCUT2D eigenvalue weighted by molar-refractivity contribution is -0.141. The highest BCUT2D eigenvalue weighted by molar-refractivity contribution is 5.89. The Bertz CT molecular complexity index is 1410. The average molecular weight is 537 g/mol. The fourth-order valence-electron chi connectivity index (χ4n) is 5.78. The summed E-state index contributed by atoms with van der Waals surface area (Å²) < 4.78 is 13.7. The predicted molar refractivity (Wildman–Crippen MR) is 158 cm³/mol. The van der Waals surface area contributed by atoms with E-state index in [1.165, 1.54) is 18.6 Å². The third-order valence-corrected chi connectivity index (χ3v) is 7.98. The molecule has 0 radical (unpaired) electrons. The van der Waals surface area contributed by atoms with Gasteiger partial charge in [-0.3, -0.25) is 9.59 Å². The fraction of sp³-hybridized carbons (Fsp3) is 0.314. The van der Waals surface area contributed by atoms with Crippen LogP contribution in [0.25, 0.3) is 10.8 Å². The molecule has 1 aliphatic rings. The van der Waals surface area contributed by atoms with Crippen molar-refractivity contribution in [3.63, 3.8) is 0 Å². The molecule has 5 rings (SSSR count). The highest BCUT2D eigenvalue weighted by Crippen LogP contribution is 2.23. The number of benzene rings is 4. The van der Waals surface area contributed by atoms with Gasteiger partial charge in [0, 0.05) is 25.4 Å². The molecular formula is C35H37FN2O2. The van der Waals surface area contributed by atoms with Crippen LogP contribution in [0.1, 0.15) is 55.2 Å². The molecule has 0 unspecified atom stereocenters. The normalized spacial score (nSPS) is 14.5. The number of halogens is 1. The van der Waals surface area contributed by atoms with Gasteiger partial charge in [0.05, 0.1) is 0 Å². The van der Waals surface area contributed by atoms with Crippen molar-refractivity contribution in [2.45, 2.75) is 70.0 Å². The first kappa shape index (κ1) is 27.6. The zero-order valence-electron chi connectivity index (χ0n) is 22.9. The molecule has 2 amide bonds. The number of aryl methyl sites for hydroxylation is 1. The third kappa shape index (κ3) is 7.15. The monoisotopic (exact) mass is 536 g/mol. The van der Waals surface area contributed by atoms with Gasteiger partial charge in [-0.05, 0) is 58.9 Å². The molecule has 0 aromatic heterocycles. The Balaban J connectivity index is 1.43. The molecule has 1 atom stereocenters. The number of nitrogens with zero attached hydrogens (tertiary/aromatic N) is 1. The standard InChI is InChI=1S/C35H37FN2O2/c36-30-21-18-27(19-22-30)25-38(34(39)23-20-29-14-9-13-28-12-7-8-17-32(28)29)33(24-26-10-3-1-4-11-26)35(40)37-31-15-5-2-6-16-31/h1,3-4,7-14,17-19,21-22,31,33H,2,5-6,15-16,20,23-25H2,(H,37,40)/t33-/m1/s1. The van der Waals surface area contributed by atoms with Gasteiger partial charge in [-0.15, -0.1) is 0 Å². The van der Waals surface area contributed by atoms with E-state index in [4.69, 9.17) is 0 Å². The Hall–Kier alpha value is -3.99. The van der Waals surface area contributed by atoms with Crippen LogP contribution in [0.5, 0.6) is 0 Å². The number of amides is 2. The predicted octanol–water partition coefficient (Wildman–Crippen LogP) is 7.00. The molecular weight excluding hydrogens is 499 g/mol. The topological polar surface area (TPSA) is 49.4 Å². The molecule has 0 aliphatic heterocycles. The SMILES string of the molecule is O=C(NC1CCCCC1)[C@@H](Cc1ccccc1)N(Cc1ccc(F)cc1)C(=O)CCc1cccc2ccccc12. The molecule has 40 heavy (non-hydrogen) atoms. The maximum Gasteiger partial charge on any atom is 0.243 e. The zero-order valence-corrected chi connectivity index (χ0v) is 22.9. The van der Waals surface area contributed by atoms with Gasteiger partial charge in [-0.1, -0.05) is 104 Å². The summed E-state index contributed by atoms with van der Waals surface area (Å²) >= 11 is 0. The first-order valence-corrected chi connectivity index (χ1v) is 14.4. The molecule has 1 aliphatic carbocycles. The zero-order chi connectivity index (χ0) is 27.7. The van der Waals surface area contributed by atoms with Gasteiger partial charge in [0.1, 0.15) is 11.9 Å². The summed E-state index contributed by atoms with van der Waals surface area (Å²) in [5, 5.41) is 5.56. The summed E-state index contributed by atoms with van der Waals surface area (Å²) in [4.78, 5) is 29.6. The van der Waals surface area contributed by atoms with Gasteiger partial charge in [-0.25, -0.2) is 4.39 Å². The molecule has 4 aromatic carbocycles. The number of nitrogens with one attached hydrogen (secondary N) is 1. The van der Waals surface area contributed by atoms with Gasteiger partial charge < -0.3 is 10.2 Å². The molecule has 5 heteroatoms. The van der Waals surface area contributed by atoms with E-state index in [0.29, 0.717) is 12.8 Å². The van der Waals surface area contributed by atoms with Crippen molar-refractivity contribution >= 4 is 22.6 Å². The molecule has 206 valence electrons. The lowest BCUT2D eigenvalue weighted by Crippen LogP contribution is -2.52. The number of carbonyl (C=O) groups excluding carboxylic acids is 2. The van der Waals surface area contributed by atoms with E-state index in [2.05, 4.69) is 29.6 Å². The van der Waals surface area contributed by atoms with Crippen LogP contribution in [-0.4, -0.2) is 28.8 Å². The van der Waals surface area contributed by atoms with Gasteiger partial charge in [-0.2, -0.15) is 0 Å². The maximum absolute atomic E-state index is 14.0. The van der Waals surface area contributed by atoms with Crippen LogP contribution in [0.3, 0.4) is 0 Å². The third-order valence-electron chi connectivity index (χ3n) is 7.98. The number of rotatable bonds is 10. The van der Waals surface area contributed by atoms with Crippen molar-refractivity contribution in [3.8, 4) is 0 Å². The number of hydrogen-bond donors (Lipinski definition) is 1. The van der Waals surface area contributed by atoms with Crippen LogP contribution in [0.4, 0.5) is 4.39 Å². The van der Waals surface area contributed by atoms with Crippen LogP contribution in [0.2, 0.25) is 0 Å². The van der Waals surface area contributed by atoms with Gasteiger partial charge in [0.15, 0.2) is 0 Å². The van der Waals surface area contributed by atoms with Gasteiger partial charge in [0.2, 0.25) is 11.8 Å². The molecule has 1 fully saturated rings. The van der Waals surface area contributed by atoms with Gasteiger partial charge >= 0.3 is 0 Å². The maximum atomic E-state index is 14.0. The van der Waals surface area contributed by atoms with E-state index in [9.17, 15) is 14.0 Å². The fourth-order valence-corrected chi connectivity index (χ4v) is 5.78. The van der Waals surface area contributed by atoms with E-state index in [1.54, 1.807) is 17.0 Å². The summed E-state index contributed by atoms with van der Waals surface area (Å²) in [5.74, 6) is -0.526. The van der Waals surface area contributed by atoms with E-state index in [-0.39, 0.29) is 36.6 Å². The van der Waals surface area contributed by atoms with Crippen LogP contribution < -0.4 is 5.32 Å². The second kappa shape index (κ2) is 13.4. The molecule has 4 nitrogen and oxygen atoms in total. The quantitative estimate of drug-likeness (QED) is 0.237. The second-order valence-corrected chi connectivity index (χ2v) is 10.8. The van der Waals surface area contributed by atoms with E-state index >= 15 is 0 Å². The first-order chi connectivity index (χ1) is 19.6. The largest absolute Gasteiger partial charge is 0.352 e. The average Bonchev–Trinajstić information content (AvgIpc) is 2.99. The molecule has 0 saturated heterocycles.